The van der Waals surface area contributed by atoms with E-state index in [0.717, 1.165) is 24.8 Å². The minimum Gasteiger partial charge on any atom is -0.458 e. The second kappa shape index (κ2) is 17.0. The molecule has 4 N–H and O–H groups in total. The lowest BCUT2D eigenvalue weighted by Crippen LogP contribution is -2.63. The number of nitrogens with two attached hydrogens (primary N) is 1. The third kappa shape index (κ3) is 10.4. The van der Waals surface area contributed by atoms with Crippen LogP contribution in [-0.2, 0) is 25.6 Å². The zero-order chi connectivity index (χ0) is 24.6. The number of aliphatic hydroxyl groups excluding tert-OH is 2. The van der Waals surface area contributed by atoms with E-state index in [1.54, 1.807) is 0 Å². The quantitative estimate of drug-likeness (QED) is 0.227. The van der Waals surface area contributed by atoms with Crippen LogP contribution in [0.25, 0.3) is 0 Å². The van der Waals surface area contributed by atoms with E-state index in [-0.39, 0.29) is 19.2 Å². The standard InChI is InChI=1S/C27H45NO6/c1-2-3-4-5-6-7-8-9-10-11-15-18-23(30)34-26-24(28)27(31)33-22(19-29)25(26)32-20-21-16-13-12-14-17-21/h12-14,16-17,22,24-27,29,31H,2-11,15,18-20,28H2,1H3/t22-,24-,25-,26-,27+/m1/s1. The topological polar surface area (TPSA) is 111 Å². The monoisotopic (exact) mass is 479 g/mol. The van der Waals surface area contributed by atoms with Crippen LogP contribution in [0.5, 0.6) is 0 Å². The Morgan fingerprint density at radius 1 is 0.941 bits per heavy atom. The van der Waals surface area contributed by atoms with Gasteiger partial charge in [0, 0.05) is 6.42 Å². The molecule has 194 valence electrons. The fourth-order valence-electron chi connectivity index (χ4n) is 4.35. The van der Waals surface area contributed by atoms with Crippen molar-refractivity contribution in [3.8, 4) is 0 Å². The average molecular weight is 480 g/mol. The van der Waals surface area contributed by atoms with E-state index in [2.05, 4.69) is 6.92 Å². The molecule has 1 aliphatic rings. The first-order valence-electron chi connectivity index (χ1n) is 13.1. The number of unbranched alkanes of at least 4 members (excludes halogenated alkanes) is 10. The molecular weight excluding hydrogens is 434 g/mol. The van der Waals surface area contributed by atoms with Crippen LogP contribution >= 0.6 is 0 Å². The summed E-state index contributed by atoms with van der Waals surface area (Å²) in [6, 6.07) is 8.60. The molecule has 7 nitrogen and oxygen atoms in total. The van der Waals surface area contributed by atoms with Crippen molar-refractivity contribution in [1.82, 2.24) is 0 Å². The van der Waals surface area contributed by atoms with Gasteiger partial charge in [-0.25, -0.2) is 0 Å². The van der Waals surface area contributed by atoms with Gasteiger partial charge in [-0.15, -0.1) is 0 Å². The first kappa shape index (κ1) is 28.7. The van der Waals surface area contributed by atoms with Gasteiger partial charge in [0.1, 0.15) is 12.2 Å². The summed E-state index contributed by atoms with van der Waals surface area (Å²) in [6.45, 7) is 2.11. The third-order valence-corrected chi connectivity index (χ3v) is 6.43. The van der Waals surface area contributed by atoms with E-state index in [4.69, 9.17) is 19.9 Å². The molecular formula is C27H45NO6. The van der Waals surface area contributed by atoms with Crippen molar-refractivity contribution in [2.45, 2.75) is 121 Å². The molecule has 1 aliphatic heterocycles. The summed E-state index contributed by atoms with van der Waals surface area (Å²) in [7, 11) is 0. The van der Waals surface area contributed by atoms with Crippen molar-refractivity contribution < 1.29 is 29.2 Å². The van der Waals surface area contributed by atoms with Crippen molar-refractivity contribution in [2.24, 2.45) is 5.73 Å². The van der Waals surface area contributed by atoms with Crippen molar-refractivity contribution in [2.75, 3.05) is 6.61 Å². The van der Waals surface area contributed by atoms with Crippen LogP contribution in [-0.4, -0.2) is 53.4 Å². The maximum absolute atomic E-state index is 12.5. The van der Waals surface area contributed by atoms with Gasteiger partial charge >= 0.3 is 5.97 Å². The highest BCUT2D eigenvalue weighted by atomic mass is 16.7. The Balaban J connectivity index is 1.72. The number of esters is 1. The Bertz CT molecular complexity index is 658. The molecule has 7 heteroatoms. The largest absolute Gasteiger partial charge is 0.458 e. The maximum atomic E-state index is 12.5. The molecule has 1 aromatic rings. The molecule has 34 heavy (non-hydrogen) atoms. The molecule has 0 spiro atoms. The molecule has 0 saturated carbocycles. The van der Waals surface area contributed by atoms with Crippen LogP contribution in [0.3, 0.4) is 0 Å². The highest BCUT2D eigenvalue weighted by Gasteiger charge is 2.46. The van der Waals surface area contributed by atoms with Crippen LogP contribution in [0.1, 0.15) is 89.5 Å². The van der Waals surface area contributed by atoms with Crippen molar-refractivity contribution in [3.63, 3.8) is 0 Å². The Morgan fingerprint density at radius 2 is 1.53 bits per heavy atom. The van der Waals surface area contributed by atoms with E-state index in [1.807, 2.05) is 30.3 Å². The highest BCUT2D eigenvalue weighted by molar-refractivity contribution is 5.69. The fraction of sp³-hybridized carbons (Fsp3) is 0.741. The van der Waals surface area contributed by atoms with Gasteiger partial charge in [-0.05, 0) is 12.0 Å². The SMILES string of the molecule is CCCCCCCCCCCCCC(=O)O[C@@H]1[C@@H](N)[C@@H](O)O[C@H](CO)[C@H]1OCc1ccccc1. The summed E-state index contributed by atoms with van der Waals surface area (Å²) < 4.78 is 17.0. The molecule has 1 heterocycles. The summed E-state index contributed by atoms with van der Waals surface area (Å²) in [5.74, 6) is -0.365. The van der Waals surface area contributed by atoms with E-state index >= 15 is 0 Å². The van der Waals surface area contributed by atoms with Gasteiger partial charge in [0.25, 0.3) is 0 Å². The van der Waals surface area contributed by atoms with Gasteiger partial charge in [0.15, 0.2) is 12.4 Å². The third-order valence-electron chi connectivity index (χ3n) is 6.43. The Hall–Kier alpha value is -1.51. The number of carbonyl (C=O) groups excluding carboxylic acids is 1. The van der Waals surface area contributed by atoms with Crippen LogP contribution in [0.2, 0.25) is 0 Å². The van der Waals surface area contributed by atoms with Crippen molar-refractivity contribution >= 4 is 5.97 Å². The number of ether oxygens (including phenoxy) is 3. The second-order valence-electron chi connectivity index (χ2n) is 9.33. The molecule has 1 aromatic carbocycles. The molecule has 1 saturated heterocycles. The summed E-state index contributed by atoms with van der Waals surface area (Å²) in [5, 5.41) is 19.9. The first-order valence-corrected chi connectivity index (χ1v) is 13.1. The molecule has 2 rings (SSSR count). The molecule has 0 unspecified atom stereocenters. The smallest absolute Gasteiger partial charge is 0.306 e. The number of hydrogen-bond acceptors (Lipinski definition) is 7. The minimum atomic E-state index is -1.34. The number of carbonyl (C=O) groups is 1. The molecule has 5 atom stereocenters. The van der Waals surface area contributed by atoms with Crippen LogP contribution < -0.4 is 5.73 Å². The zero-order valence-corrected chi connectivity index (χ0v) is 20.8. The van der Waals surface area contributed by atoms with Gasteiger partial charge in [0.2, 0.25) is 0 Å². The van der Waals surface area contributed by atoms with Crippen molar-refractivity contribution in [1.29, 1.82) is 0 Å². The summed E-state index contributed by atoms with van der Waals surface area (Å²) in [5.41, 5.74) is 7.03. The Labute approximate surface area is 205 Å². The zero-order valence-electron chi connectivity index (χ0n) is 20.8. The molecule has 0 amide bonds. The van der Waals surface area contributed by atoms with Crippen molar-refractivity contribution in [3.05, 3.63) is 35.9 Å². The van der Waals surface area contributed by atoms with Gasteiger partial charge in [0.05, 0.1) is 19.3 Å². The summed E-state index contributed by atoms with van der Waals surface area (Å²) in [4.78, 5) is 12.5. The number of benzene rings is 1. The molecule has 0 bridgehead atoms. The number of hydrogen-bond donors (Lipinski definition) is 3. The predicted molar refractivity (Wildman–Crippen MR) is 132 cm³/mol. The molecule has 0 aromatic heterocycles. The highest BCUT2D eigenvalue weighted by Crippen LogP contribution is 2.25. The first-order chi connectivity index (χ1) is 16.6. The van der Waals surface area contributed by atoms with Gasteiger partial charge in [-0.3, -0.25) is 4.79 Å². The van der Waals surface area contributed by atoms with E-state index in [0.29, 0.717) is 6.42 Å². The summed E-state index contributed by atoms with van der Waals surface area (Å²) in [6.07, 6.45) is 9.72. The van der Waals surface area contributed by atoms with E-state index in [1.165, 1.54) is 51.4 Å². The molecule has 0 aliphatic carbocycles. The fourth-order valence-corrected chi connectivity index (χ4v) is 4.35. The Kier molecular flexibility index (Phi) is 14.4. The number of aliphatic hydroxyl groups is 2. The van der Waals surface area contributed by atoms with E-state index in [9.17, 15) is 15.0 Å². The minimum absolute atomic E-state index is 0.251. The van der Waals surface area contributed by atoms with Gasteiger partial charge < -0.3 is 30.2 Å². The van der Waals surface area contributed by atoms with Crippen LogP contribution in [0, 0.1) is 0 Å². The lowest BCUT2D eigenvalue weighted by Gasteiger charge is -2.42. The lowest BCUT2D eigenvalue weighted by atomic mass is 9.97. The lowest BCUT2D eigenvalue weighted by molar-refractivity contribution is -0.265. The van der Waals surface area contributed by atoms with Crippen LogP contribution in [0.4, 0.5) is 0 Å². The van der Waals surface area contributed by atoms with Gasteiger partial charge in [-0.2, -0.15) is 0 Å². The predicted octanol–water partition coefficient (Wildman–Crippen LogP) is 4.22. The molecule has 1 fully saturated rings. The molecule has 0 radical (unpaired) electrons. The van der Waals surface area contributed by atoms with E-state index < -0.39 is 30.6 Å². The van der Waals surface area contributed by atoms with Crippen LogP contribution in [0.15, 0.2) is 30.3 Å². The Morgan fingerprint density at radius 3 is 2.12 bits per heavy atom. The van der Waals surface area contributed by atoms with Gasteiger partial charge in [-0.1, -0.05) is 101 Å². The second-order valence-corrected chi connectivity index (χ2v) is 9.33. The maximum Gasteiger partial charge on any atom is 0.306 e. The number of rotatable bonds is 17. The summed E-state index contributed by atoms with van der Waals surface area (Å²) >= 11 is 0. The average Bonchev–Trinajstić information content (AvgIpc) is 2.85. The normalized spacial score (nSPS) is 24.8.